The summed E-state index contributed by atoms with van der Waals surface area (Å²) in [4.78, 5) is 4.22. The molecule has 0 unspecified atom stereocenters. The highest BCUT2D eigenvalue weighted by Crippen LogP contribution is 2.21. The van der Waals surface area contributed by atoms with E-state index in [0.717, 1.165) is 18.5 Å². The van der Waals surface area contributed by atoms with Gasteiger partial charge in [0.1, 0.15) is 11.9 Å². The Morgan fingerprint density at radius 3 is 2.53 bits per heavy atom. The van der Waals surface area contributed by atoms with Crippen molar-refractivity contribution >= 4 is 0 Å². The SMILES string of the molecule is CCc1ccc([C@@H](O)c2nccn2CC)cc1. The molecule has 0 saturated carbocycles. The molecule has 90 valence electrons. The lowest BCUT2D eigenvalue weighted by molar-refractivity contribution is 0.205. The molecule has 0 aliphatic carbocycles. The van der Waals surface area contributed by atoms with Crippen LogP contribution in [0.25, 0.3) is 0 Å². The molecule has 1 atom stereocenters. The fourth-order valence-corrected chi connectivity index (χ4v) is 1.92. The minimum atomic E-state index is -0.643. The van der Waals surface area contributed by atoms with Crippen molar-refractivity contribution in [2.45, 2.75) is 32.9 Å². The van der Waals surface area contributed by atoms with Gasteiger partial charge in [-0.05, 0) is 24.5 Å². The third kappa shape index (κ3) is 2.39. The minimum Gasteiger partial charge on any atom is -0.380 e. The lowest BCUT2D eigenvalue weighted by atomic mass is 10.1. The summed E-state index contributed by atoms with van der Waals surface area (Å²) in [6.07, 6.45) is 3.98. The molecule has 0 amide bonds. The second-order valence-electron chi connectivity index (χ2n) is 4.07. The van der Waals surface area contributed by atoms with Crippen LogP contribution in [0.4, 0.5) is 0 Å². The summed E-state index contributed by atoms with van der Waals surface area (Å²) in [5.74, 6) is 0.705. The Labute approximate surface area is 102 Å². The topological polar surface area (TPSA) is 38.1 Å². The number of aliphatic hydroxyl groups excluding tert-OH is 1. The van der Waals surface area contributed by atoms with Crippen LogP contribution in [0.1, 0.15) is 36.9 Å². The molecule has 0 saturated heterocycles. The van der Waals surface area contributed by atoms with E-state index in [0.29, 0.717) is 5.82 Å². The number of rotatable bonds is 4. The van der Waals surface area contributed by atoms with Gasteiger partial charge in [-0.2, -0.15) is 0 Å². The standard InChI is InChI=1S/C14H18N2O/c1-3-11-5-7-12(8-6-11)13(17)14-15-9-10-16(14)4-2/h5-10,13,17H,3-4H2,1-2H3/t13-/m1/s1. The van der Waals surface area contributed by atoms with E-state index in [1.54, 1.807) is 6.20 Å². The molecule has 0 aliphatic rings. The van der Waals surface area contributed by atoms with Crippen LogP contribution in [0.5, 0.6) is 0 Å². The molecule has 0 bridgehead atoms. The van der Waals surface area contributed by atoms with E-state index >= 15 is 0 Å². The average Bonchev–Trinajstić information content (AvgIpc) is 2.86. The van der Waals surface area contributed by atoms with Crippen molar-refractivity contribution < 1.29 is 5.11 Å². The largest absolute Gasteiger partial charge is 0.380 e. The minimum absolute atomic E-state index is 0.643. The highest BCUT2D eigenvalue weighted by Gasteiger charge is 2.15. The second-order valence-corrected chi connectivity index (χ2v) is 4.07. The molecule has 3 nitrogen and oxygen atoms in total. The molecular weight excluding hydrogens is 212 g/mol. The van der Waals surface area contributed by atoms with E-state index in [9.17, 15) is 5.11 Å². The van der Waals surface area contributed by atoms with E-state index in [4.69, 9.17) is 0 Å². The molecule has 1 aromatic heterocycles. The van der Waals surface area contributed by atoms with Crippen molar-refractivity contribution in [3.8, 4) is 0 Å². The van der Waals surface area contributed by atoms with Crippen molar-refractivity contribution in [1.29, 1.82) is 0 Å². The zero-order valence-corrected chi connectivity index (χ0v) is 10.3. The maximum Gasteiger partial charge on any atom is 0.142 e. The van der Waals surface area contributed by atoms with Gasteiger partial charge in [-0.25, -0.2) is 4.98 Å². The lowest BCUT2D eigenvalue weighted by Crippen LogP contribution is -2.08. The molecule has 0 spiro atoms. The number of hydrogen-bond acceptors (Lipinski definition) is 2. The predicted molar refractivity (Wildman–Crippen MR) is 67.8 cm³/mol. The second kappa shape index (κ2) is 5.15. The first-order chi connectivity index (χ1) is 8.26. The first-order valence-electron chi connectivity index (χ1n) is 6.04. The van der Waals surface area contributed by atoms with Crippen LogP contribution in [0.3, 0.4) is 0 Å². The summed E-state index contributed by atoms with van der Waals surface area (Å²) in [6.45, 7) is 4.98. The molecule has 3 heteroatoms. The highest BCUT2D eigenvalue weighted by atomic mass is 16.3. The fraction of sp³-hybridized carbons (Fsp3) is 0.357. The van der Waals surface area contributed by atoms with Gasteiger partial charge in [0.15, 0.2) is 0 Å². The van der Waals surface area contributed by atoms with Crippen LogP contribution in [0.15, 0.2) is 36.7 Å². The molecule has 2 rings (SSSR count). The van der Waals surface area contributed by atoms with Crippen LogP contribution in [0, 0.1) is 0 Å². The average molecular weight is 230 g/mol. The number of benzene rings is 1. The Morgan fingerprint density at radius 1 is 1.24 bits per heavy atom. The van der Waals surface area contributed by atoms with E-state index in [1.807, 2.05) is 29.8 Å². The van der Waals surface area contributed by atoms with Gasteiger partial charge in [-0.15, -0.1) is 0 Å². The van der Waals surface area contributed by atoms with Crippen molar-refractivity contribution in [3.63, 3.8) is 0 Å². The highest BCUT2D eigenvalue weighted by molar-refractivity contribution is 5.27. The molecule has 0 radical (unpaired) electrons. The maximum atomic E-state index is 10.3. The Hall–Kier alpha value is -1.61. The smallest absolute Gasteiger partial charge is 0.142 e. The van der Waals surface area contributed by atoms with Gasteiger partial charge < -0.3 is 9.67 Å². The first-order valence-corrected chi connectivity index (χ1v) is 6.04. The molecule has 0 fully saturated rings. The predicted octanol–water partition coefficient (Wildman–Crippen LogP) is 2.55. The van der Waals surface area contributed by atoms with Crippen LogP contribution in [-0.4, -0.2) is 14.7 Å². The summed E-state index contributed by atoms with van der Waals surface area (Å²) in [6, 6.07) is 8.05. The van der Waals surface area contributed by atoms with Crippen molar-refractivity contribution in [2.75, 3.05) is 0 Å². The first kappa shape index (κ1) is 11.9. The zero-order chi connectivity index (χ0) is 12.3. The van der Waals surface area contributed by atoms with Crippen molar-refractivity contribution in [2.24, 2.45) is 0 Å². The normalized spacial score (nSPS) is 12.6. The fourth-order valence-electron chi connectivity index (χ4n) is 1.92. The van der Waals surface area contributed by atoms with Gasteiger partial charge in [0.2, 0.25) is 0 Å². The number of aryl methyl sites for hydroxylation is 2. The molecule has 2 aromatic rings. The molecule has 17 heavy (non-hydrogen) atoms. The third-order valence-corrected chi connectivity index (χ3v) is 3.04. The Balaban J connectivity index is 2.27. The number of hydrogen-bond donors (Lipinski definition) is 1. The molecule has 1 heterocycles. The van der Waals surface area contributed by atoms with Crippen molar-refractivity contribution in [3.05, 3.63) is 53.6 Å². The number of aromatic nitrogens is 2. The van der Waals surface area contributed by atoms with Gasteiger partial charge in [0.25, 0.3) is 0 Å². The van der Waals surface area contributed by atoms with Gasteiger partial charge >= 0.3 is 0 Å². The van der Waals surface area contributed by atoms with E-state index in [-0.39, 0.29) is 0 Å². The Bertz CT molecular complexity index is 473. The van der Waals surface area contributed by atoms with Crippen molar-refractivity contribution in [1.82, 2.24) is 9.55 Å². The van der Waals surface area contributed by atoms with E-state index < -0.39 is 6.10 Å². The molecule has 0 aliphatic heterocycles. The van der Waals surface area contributed by atoms with Crippen LogP contribution in [-0.2, 0) is 13.0 Å². The quantitative estimate of drug-likeness (QED) is 0.876. The zero-order valence-electron chi connectivity index (χ0n) is 10.3. The molecular formula is C14H18N2O. The van der Waals surface area contributed by atoms with E-state index in [1.165, 1.54) is 5.56 Å². The third-order valence-electron chi connectivity index (χ3n) is 3.04. The van der Waals surface area contributed by atoms with Gasteiger partial charge in [-0.1, -0.05) is 31.2 Å². The monoisotopic (exact) mass is 230 g/mol. The van der Waals surface area contributed by atoms with E-state index in [2.05, 4.69) is 24.0 Å². The van der Waals surface area contributed by atoms with Crippen LogP contribution in [0.2, 0.25) is 0 Å². The van der Waals surface area contributed by atoms with Crippen LogP contribution < -0.4 is 0 Å². The van der Waals surface area contributed by atoms with Gasteiger partial charge in [0, 0.05) is 18.9 Å². The summed E-state index contributed by atoms with van der Waals surface area (Å²) in [7, 11) is 0. The number of nitrogens with zero attached hydrogens (tertiary/aromatic N) is 2. The summed E-state index contributed by atoms with van der Waals surface area (Å²) >= 11 is 0. The van der Waals surface area contributed by atoms with Gasteiger partial charge in [-0.3, -0.25) is 0 Å². The molecule has 1 N–H and O–H groups in total. The maximum absolute atomic E-state index is 10.3. The number of aliphatic hydroxyl groups is 1. The van der Waals surface area contributed by atoms with Gasteiger partial charge in [0.05, 0.1) is 0 Å². The number of imidazole rings is 1. The summed E-state index contributed by atoms with van der Waals surface area (Å²) in [5.41, 5.74) is 2.17. The molecule has 1 aromatic carbocycles. The summed E-state index contributed by atoms with van der Waals surface area (Å²) in [5, 5.41) is 10.3. The Morgan fingerprint density at radius 2 is 1.94 bits per heavy atom. The Kier molecular flexibility index (Phi) is 3.59. The lowest BCUT2D eigenvalue weighted by Gasteiger charge is -2.12. The van der Waals surface area contributed by atoms with Crippen LogP contribution >= 0.6 is 0 Å². The summed E-state index contributed by atoms with van der Waals surface area (Å²) < 4.78 is 1.96.